The number of thioether (sulfide) groups is 1. The van der Waals surface area contributed by atoms with Crippen molar-refractivity contribution in [1.29, 1.82) is 0 Å². The minimum Gasteiger partial charge on any atom is -0.388 e. The number of halogens is 1. The van der Waals surface area contributed by atoms with Gasteiger partial charge in [0.2, 0.25) is 5.91 Å². The predicted molar refractivity (Wildman–Crippen MR) is 88.6 cm³/mol. The van der Waals surface area contributed by atoms with E-state index in [0.717, 1.165) is 17.7 Å². The van der Waals surface area contributed by atoms with E-state index in [2.05, 4.69) is 5.32 Å². The van der Waals surface area contributed by atoms with Crippen LogP contribution < -0.4 is 5.32 Å². The molecule has 1 aliphatic heterocycles. The Labute approximate surface area is 138 Å². The van der Waals surface area contributed by atoms with Crippen LogP contribution in [0.2, 0.25) is 0 Å². The van der Waals surface area contributed by atoms with Crippen molar-refractivity contribution in [1.82, 2.24) is 5.32 Å². The van der Waals surface area contributed by atoms with E-state index in [1.165, 1.54) is 17.8 Å². The number of aliphatic hydroxyl groups is 1. The Morgan fingerprint density at radius 1 is 1.26 bits per heavy atom. The molecule has 2 aromatic rings. The normalized spacial score (nSPS) is 18.1. The van der Waals surface area contributed by atoms with E-state index in [-0.39, 0.29) is 24.2 Å². The molecular weight excluding hydrogens is 313 g/mol. The second kappa shape index (κ2) is 7.15. The van der Waals surface area contributed by atoms with Gasteiger partial charge in [0.1, 0.15) is 5.82 Å². The minimum absolute atomic E-state index is 0.00168. The molecule has 0 bridgehead atoms. The first kappa shape index (κ1) is 16.0. The molecule has 0 saturated carbocycles. The lowest BCUT2D eigenvalue weighted by molar-refractivity contribution is -0.123. The largest absolute Gasteiger partial charge is 0.388 e. The lowest BCUT2D eigenvalue weighted by Gasteiger charge is -2.26. The van der Waals surface area contributed by atoms with Crippen molar-refractivity contribution in [3.05, 3.63) is 65.5 Å². The number of rotatable bonds is 4. The highest BCUT2D eigenvalue weighted by atomic mass is 32.2. The van der Waals surface area contributed by atoms with Crippen LogP contribution in [-0.4, -0.2) is 16.8 Å². The zero-order chi connectivity index (χ0) is 16.2. The molecule has 1 aliphatic rings. The van der Waals surface area contributed by atoms with Crippen LogP contribution in [0, 0.1) is 5.82 Å². The van der Waals surface area contributed by atoms with Crippen LogP contribution in [0.5, 0.6) is 0 Å². The molecule has 3 rings (SSSR count). The monoisotopic (exact) mass is 331 g/mol. The van der Waals surface area contributed by atoms with Gasteiger partial charge in [-0.2, -0.15) is 0 Å². The smallest absolute Gasteiger partial charge is 0.223 e. The van der Waals surface area contributed by atoms with Crippen molar-refractivity contribution < 1.29 is 14.3 Å². The maximum Gasteiger partial charge on any atom is 0.223 e. The topological polar surface area (TPSA) is 49.3 Å². The second-order valence-corrected chi connectivity index (χ2v) is 6.65. The number of hydrogen-bond acceptors (Lipinski definition) is 3. The van der Waals surface area contributed by atoms with Gasteiger partial charge in [0.25, 0.3) is 0 Å². The quantitative estimate of drug-likeness (QED) is 0.900. The van der Waals surface area contributed by atoms with E-state index >= 15 is 0 Å². The van der Waals surface area contributed by atoms with Crippen LogP contribution in [0.25, 0.3) is 0 Å². The Morgan fingerprint density at radius 2 is 2.04 bits per heavy atom. The summed E-state index contributed by atoms with van der Waals surface area (Å²) in [7, 11) is 0. The first-order valence-electron chi connectivity index (χ1n) is 7.58. The summed E-state index contributed by atoms with van der Waals surface area (Å²) < 4.78 is 13.8. The van der Waals surface area contributed by atoms with E-state index in [0.29, 0.717) is 10.5 Å². The average molecular weight is 331 g/mol. The van der Waals surface area contributed by atoms with Crippen molar-refractivity contribution in [2.75, 3.05) is 5.75 Å². The maximum atomic E-state index is 13.8. The highest BCUT2D eigenvalue weighted by Gasteiger charge is 2.25. The summed E-state index contributed by atoms with van der Waals surface area (Å²) in [5.74, 6) is 0.296. The molecule has 3 nitrogen and oxygen atoms in total. The number of carbonyl (C=O) groups excluding carboxylic acids is 1. The highest BCUT2D eigenvalue weighted by Crippen LogP contribution is 2.37. The van der Waals surface area contributed by atoms with Crippen molar-refractivity contribution in [3.63, 3.8) is 0 Å². The zero-order valence-electron chi connectivity index (χ0n) is 12.5. The molecule has 5 heteroatoms. The molecule has 2 aromatic carbocycles. The summed E-state index contributed by atoms with van der Waals surface area (Å²) in [5, 5.41) is 13.1. The Balaban J connectivity index is 1.67. The van der Waals surface area contributed by atoms with Crippen LogP contribution in [0.3, 0.4) is 0 Å². The number of aliphatic hydroxyl groups excluding tert-OH is 1. The van der Waals surface area contributed by atoms with Crippen LogP contribution in [0.1, 0.15) is 36.1 Å². The average Bonchev–Trinajstić information content (AvgIpc) is 2.56. The van der Waals surface area contributed by atoms with Gasteiger partial charge in [-0.15, -0.1) is 11.8 Å². The summed E-state index contributed by atoms with van der Waals surface area (Å²) in [6, 6.07) is 13.9. The second-order valence-electron chi connectivity index (χ2n) is 5.55. The molecule has 23 heavy (non-hydrogen) atoms. The van der Waals surface area contributed by atoms with E-state index < -0.39 is 6.10 Å². The third-order valence-electron chi connectivity index (χ3n) is 3.92. The summed E-state index contributed by atoms with van der Waals surface area (Å²) in [6.07, 6.45) is -0.0757. The van der Waals surface area contributed by atoms with Gasteiger partial charge in [-0.3, -0.25) is 4.79 Å². The van der Waals surface area contributed by atoms with Crippen LogP contribution in [0.4, 0.5) is 4.39 Å². The van der Waals surface area contributed by atoms with Crippen molar-refractivity contribution in [2.24, 2.45) is 0 Å². The molecule has 1 amide bonds. The molecule has 0 radical (unpaired) electrons. The van der Waals surface area contributed by atoms with Gasteiger partial charge >= 0.3 is 0 Å². The third kappa shape index (κ3) is 3.74. The molecule has 2 atom stereocenters. The van der Waals surface area contributed by atoms with Crippen LogP contribution >= 0.6 is 11.8 Å². The molecule has 120 valence electrons. The van der Waals surface area contributed by atoms with Gasteiger partial charge in [-0.05, 0) is 23.6 Å². The molecule has 0 aliphatic carbocycles. The minimum atomic E-state index is -0.832. The molecule has 1 heterocycles. The van der Waals surface area contributed by atoms with E-state index in [1.807, 2.05) is 24.3 Å². The first-order valence-corrected chi connectivity index (χ1v) is 8.57. The molecule has 0 spiro atoms. The number of nitrogens with one attached hydrogen (secondary N) is 1. The summed E-state index contributed by atoms with van der Waals surface area (Å²) in [4.78, 5) is 12.8. The van der Waals surface area contributed by atoms with Crippen molar-refractivity contribution in [2.45, 2.75) is 29.9 Å². The fourth-order valence-corrected chi connectivity index (χ4v) is 3.90. The highest BCUT2D eigenvalue weighted by molar-refractivity contribution is 7.99. The van der Waals surface area contributed by atoms with Gasteiger partial charge in [-0.1, -0.05) is 42.5 Å². The predicted octanol–water partition coefficient (Wildman–Crippen LogP) is 3.60. The standard InChI is InChI=1S/C18H18FNO2S/c19-14-8-4-7-13-15(9-10-23-18(13)14)20-17(22)11-16(21)12-5-2-1-3-6-12/h1-8,15-16,21H,9-11H2,(H,20,22). The lowest BCUT2D eigenvalue weighted by atomic mass is 10.0. The summed E-state index contributed by atoms with van der Waals surface area (Å²) >= 11 is 1.48. The van der Waals surface area contributed by atoms with Gasteiger partial charge in [0.15, 0.2) is 0 Å². The van der Waals surface area contributed by atoms with Gasteiger partial charge < -0.3 is 10.4 Å². The zero-order valence-corrected chi connectivity index (χ0v) is 13.4. The molecule has 2 unspecified atom stereocenters. The summed E-state index contributed by atoms with van der Waals surface area (Å²) in [5.41, 5.74) is 1.54. The lowest BCUT2D eigenvalue weighted by Crippen LogP contribution is -2.31. The Kier molecular flexibility index (Phi) is 4.98. The SMILES string of the molecule is O=C(CC(O)c1ccccc1)NC1CCSc2c(F)cccc21. The molecule has 0 saturated heterocycles. The summed E-state index contributed by atoms with van der Waals surface area (Å²) in [6.45, 7) is 0. The van der Waals surface area contributed by atoms with E-state index in [9.17, 15) is 14.3 Å². The van der Waals surface area contributed by atoms with E-state index in [1.54, 1.807) is 18.2 Å². The Hall–Kier alpha value is -1.85. The first-order chi connectivity index (χ1) is 11.1. The fourth-order valence-electron chi connectivity index (χ4n) is 2.76. The van der Waals surface area contributed by atoms with Crippen molar-refractivity contribution in [3.8, 4) is 0 Å². The number of hydrogen-bond donors (Lipinski definition) is 2. The molecule has 0 fully saturated rings. The number of amides is 1. The number of benzene rings is 2. The fraction of sp³-hybridized carbons (Fsp3) is 0.278. The molecular formula is C18H18FNO2S. The van der Waals surface area contributed by atoms with Crippen molar-refractivity contribution >= 4 is 17.7 Å². The number of fused-ring (bicyclic) bond motifs is 1. The third-order valence-corrected chi connectivity index (χ3v) is 5.08. The van der Waals surface area contributed by atoms with Gasteiger partial charge in [0, 0.05) is 10.6 Å². The Bertz CT molecular complexity index is 693. The molecule has 2 N–H and O–H groups in total. The Morgan fingerprint density at radius 3 is 2.83 bits per heavy atom. The molecule has 0 aromatic heterocycles. The maximum absolute atomic E-state index is 13.8. The van der Waals surface area contributed by atoms with Gasteiger partial charge in [0.05, 0.1) is 18.6 Å². The van der Waals surface area contributed by atoms with E-state index in [4.69, 9.17) is 0 Å². The number of carbonyl (C=O) groups is 1. The van der Waals surface area contributed by atoms with Crippen LogP contribution in [-0.2, 0) is 4.79 Å². The van der Waals surface area contributed by atoms with Crippen LogP contribution in [0.15, 0.2) is 53.4 Å². The van der Waals surface area contributed by atoms with Gasteiger partial charge in [-0.25, -0.2) is 4.39 Å².